The molecular weight excluding hydrogens is 526 g/mol. The molecule has 0 spiro atoms. The highest BCUT2D eigenvalue weighted by Gasteiger charge is 2.36. The van der Waals surface area contributed by atoms with Gasteiger partial charge in [-0.2, -0.15) is 5.10 Å². The Kier molecular flexibility index (Phi) is 7.65. The van der Waals surface area contributed by atoms with Gasteiger partial charge in [-0.15, -0.1) is 0 Å². The Bertz CT molecular complexity index is 1460. The molecule has 2 atom stereocenters. The van der Waals surface area contributed by atoms with Crippen LogP contribution in [-0.4, -0.2) is 81.2 Å². The largest absolute Gasteiger partial charge is 0.497 e. The van der Waals surface area contributed by atoms with Gasteiger partial charge in [-0.1, -0.05) is 18.2 Å². The smallest absolute Gasteiger partial charge is 0.410 e. The van der Waals surface area contributed by atoms with Crippen molar-refractivity contribution in [1.82, 2.24) is 19.6 Å². The summed E-state index contributed by atoms with van der Waals surface area (Å²) in [5, 5.41) is 16.4. The number of hydrogen-bond donors (Lipinski definition) is 1. The van der Waals surface area contributed by atoms with Gasteiger partial charge in [0.15, 0.2) is 5.82 Å². The minimum atomic E-state index is -0.748. The van der Waals surface area contributed by atoms with Crippen molar-refractivity contribution in [3.8, 4) is 5.75 Å². The van der Waals surface area contributed by atoms with E-state index in [1.54, 1.807) is 33.7 Å². The van der Waals surface area contributed by atoms with Crippen LogP contribution in [0.2, 0.25) is 0 Å². The highest BCUT2D eigenvalue weighted by atomic mass is 16.6. The summed E-state index contributed by atoms with van der Waals surface area (Å²) in [7, 11) is 3.40. The monoisotopic (exact) mass is 563 g/mol. The third-order valence-electron chi connectivity index (χ3n) is 7.59. The Hall–Kier alpha value is -4.12. The molecule has 0 radical (unpaired) electrons. The van der Waals surface area contributed by atoms with Gasteiger partial charge >= 0.3 is 12.1 Å². The van der Waals surface area contributed by atoms with Crippen molar-refractivity contribution in [2.75, 3.05) is 31.6 Å². The number of likely N-dealkylation sites (tertiary alicyclic amines) is 1. The van der Waals surface area contributed by atoms with Gasteiger partial charge in [-0.05, 0) is 62.6 Å². The topological polar surface area (TPSA) is 117 Å². The maximum atomic E-state index is 13.5. The number of carbonyl (C=O) groups is 3. The first-order valence-electron chi connectivity index (χ1n) is 13.8. The number of aliphatic hydroxyl groups is 1. The first-order chi connectivity index (χ1) is 19.4. The SMILES string of the molecule is COc1ccc(CN2C(=O)CCN(c3nn(C)c4cc([C@@H]5CCN(C(=O)OC(C)(C)C)C[C@H]5O)ccc34)C2=O)cc1. The maximum Gasteiger partial charge on any atom is 0.410 e. The summed E-state index contributed by atoms with van der Waals surface area (Å²) in [6.45, 7) is 6.53. The molecule has 41 heavy (non-hydrogen) atoms. The van der Waals surface area contributed by atoms with Crippen LogP contribution in [-0.2, 0) is 23.1 Å². The summed E-state index contributed by atoms with van der Waals surface area (Å²) < 4.78 is 12.4. The van der Waals surface area contributed by atoms with Crippen molar-refractivity contribution < 1.29 is 29.0 Å². The molecule has 0 aliphatic carbocycles. The van der Waals surface area contributed by atoms with Crippen LogP contribution < -0.4 is 9.64 Å². The third kappa shape index (κ3) is 5.85. The van der Waals surface area contributed by atoms with Crippen LogP contribution >= 0.6 is 0 Å². The number of anilines is 1. The summed E-state index contributed by atoms with van der Waals surface area (Å²) in [6.07, 6.45) is -0.389. The lowest BCUT2D eigenvalue weighted by Crippen LogP contribution is -2.52. The van der Waals surface area contributed by atoms with Crippen LogP contribution in [0.4, 0.5) is 15.4 Å². The molecule has 0 saturated carbocycles. The molecule has 2 saturated heterocycles. The maximum absolute atomic E-state index is 13.5. The number of methoxy groups -OCH3 is 1. The number of imide groups is 1. The van der Waals surface area contributed by atoms with Crippen LogP contribution in [0.5, 0.6) is 5.75 Å². The molecule has 3 heterocycles. The van der Waals surface area contributed by atoms with Crippen LogP contribution in [0.25, 0.3) is 10.9 Å². The molecule has 4 amide bonds. The zero-order valence-electron chi connectivity index (χ0n) is 24.2. The van der Waals surface area contributed by atoms with Gasteiger partial charge in [0.25, 0.3) is 0 Å². The minimum Gasteiger partial charge on any atom is -0.497 e. The number of nitrogens with zero attached hydrogens (tertiary/aromatic N) is 5. The highest BCUT2D eigenvalue weighted by Crippen LogP contribution is 2.35. The molecule has 5 rings (SSSR count). The summed E-state index contributed by atoms with van der Waals surface area (Å²) >= 11 is 0. The van der Waals surface area contributed by atoms with Gasteiger partial charge in [0.1, 0.15) is 11.4 Å². The number of aliphatic hydroxyl groups excluding tert-OH is 1. The molecule has 0 bridgehead atoms. The van der Waals surface area contributed by atoms with Crippen molar-refractivity contribution in [3.05, 3.63) is 53.6 Å². The van der Waals surface area contributed by atoms with Crippen molar-refractivity contribution in [3.63, 3.8) is 0 Å². The zero-order valence-corrected chi connectivity index (χ0v) is 24.2. The molecule has 3 aromatic rings. The molecule has 2 aliphatic rings. The zero-order chi connectivity index (χ0) is 29.5. The molecule has 1 N–H and O–H groups in total. The Morgan fingerprint density at radius 1 is 1.10 bits per heavy atom. The van der Waals surface area contributed by atoms with Crippen molar-refractivity contribution in [1.29, 1.82) is 0 Å². The molecule has 1 aromatic heterocycles. The number of aryl methyl sites for hydroxylation is 1. The van der Waals surface area contributed by atoms with E-state index in [-0.39, 0.29) is 37.9 Å². The van der Waals surface area contributed by atoms with Gasteiger partial charge in [0.05, 0.1) is 31.8 Å². The van der Waals surface area contributed by atoms with E-state index in [4.69, 9.17) is 9.47 Å². The van der Waals surface area contributed by atoms with Gasteiger partial charge in [-0.3, -0.25) is 19.3 Å². The number of amides is 4. The van der Waals surface area contributed by atoms with E-state index in [9.17, 15) is 19.5 Å². The predicted octanol–water partition coefficient (Wildman–Crippen LogP) is 4.03. The molecule has 2 aromatic carbocycles. The lowest BCUT2D eigenvalue weighted by Gasteiger charge is -2.37. The van der Waals surface area contributed by atoms with Gasteiger partial charge < -0.3 is 19.5 Å². The van der Waals surface area contributed by atoms with E-state index in [0.717, 1.165) is 22.0 Å². The fourth-order valence-corrected chi connectivity index (χ4v) is 5.45. The minimum absolute atomic E-state index is 0.160. The molecule has 11 nitrogen and oxygen atoms in total. The van der Waals surface area contributed by atoms with Crippen molar-refractivity contribution in [2.45, 2.75) is 57.8 Å². The number of hydrogen-bond acceptors (Lipinski definition) is 7. The Balaban J connectivity index is 1.34. The summed E-state index contributed by atoms with van der Waals surface area (Å²) in [5.41, 5.74) is 1.97. The standard InChI is InChI=1S/C30H37N5O6/c1-30(2,3)41-29(39)33-14-12-22(25(36)18-33)20-8-11-23-24(16-20)32(4)31-27(23)34-15-13-26(37)35(28(34)38)17-19-6-9-21(40-5)10-7-19/h6-11,16,22,25,36H,12-15,17-18H2,1-5H3/t22-,25+/m0/s1. The van der Waals surface area contributed by atoms with E-state index in [0.29, 0.717) is 24.5 Å². The number of urea groups is 1. The molecule has 0 unspecified atom stereocenters. The molecular formula is C30H37N5O6. The average molecular weight is 564 g/mol. The predicted molar refractivity (Wildman–Crippen MR) is 153 cm³/mol. The van der Waals surface area contributed by atoms with E-state index >= 15 is 0 Å². The van der Waals surface area contributed by atoms with Crippen molar-refractivity contribution in [2.24, 2.45) is 7.05 Å². The second kappa shape index (κ2) is 11.0. The Labute approximate surface area is 239 Å². The number of piperidine rings is 1. The highest BCUT2D eigenvalue weighted by molar-refractivity contribution is 6.08. The fraction of sp³-hybridized carbons (Fsp3) is 0.467. The normalized spacial score (nSPS) is 20.1. The number of carbonyl (C=O) groups excluding carboxylic acids is 3. The van der Waals surface area contributed by atoms with Crippen LogP contribution in [0.3, 0.4) is 0 Å². The van der Waals surface area contributed by atoms with E-state index in [1.165, 1.54) is 4.90 Å². The van der Waals surface area contributed by atoms with Crippen LogP contribution in [0.1, 0.15) is 50.7 Å². The first kappa shape index (κ1) is 28.4. The quantitative estimate of drug-likeness (QED) is 0.498. The number of benzene rings is 2. The first-order valence-corrected chi connectivity index (χ1v) is 13.8. The van der Waals surface area contributed by atoms with E-state index < -0.39 is 23.8 Å². The number of β-amino-alcohol motifs (C(OH)–C–C–N with tert-alkyl or cyclic N) is 1. The van der Waals surface area contributed by atoms with E-state index in [2.05, 4.69) is 5.10 Å². The van der Waals surface area contributed by atoms with E-state index in [1.807, 2.05) is 58.2 Å². The lowest BCUT2D eigenvalue weighted by molar-refractivity contribution is -0.129. The van der Waals surface area contributed by atoms with Crippen LogP contribution in [0, 0.1) is 0 Å². The Morgan fingerprint density at radius 2 is 1.83 bits per heavy atom. The number of ether oxygens (including phenoxy) is 2. The van der Waals surface area contributed by atoms with Gasteiger partial charge in [0.2, 0.25) is 5.91 Å². The van der Waals surface area contributed by atoms with Crippen molar-refractivity contribution >= 4 is 34.8 Å². The number of fused-ring (bicyclic) bond motifs is 1. The Morgan fingerprint density at radius 3 is 2.49 bits per heavy atom. The molecule has 2 fully saturated rings. The van der Waals surface area contributed by atoms with Gasteiger partial charge in [-0.25, -0.2) is 9.59 Å². The lowest BCUT2D eigenvalue weighted by atomic mass is 9.87. The summed E-state index contributed by atoms with van der Waals surface area (Å²) in [5.74, 6) is 0.806. The fourth-order valence-electron chi connectivity index (χ4n) is 5.45. The number of aromatic nitrogens is 2. The number of rotatable bonds is 5. The molecule has 2 aliphatic heterocycles. The molecule has 218 valence electrons. The summed E-state index contributed by atoms with van der Waals surface area (Å²) in [4.78, 5) is 43.1. The van der Waals surface area contributed by atoms with Crippen LogP contribution in [0.15, 0.2) is 42.5 Å². The summed E-state index contributed by atoms with van der Waals surface area (Å²) in [6, 6.07) is 12.7. The molecule has 11 heteroatoms. The third-order valence-corrected chi connectivity index (χ3v) is 7.59. The average Bonchev–Trinajstić information content (AvgIpc) is 3.25. The van der Waals surface area contributed by atoms with Gasteiger partial charge in [0, 0.05) is 37.9 Å². The second-order valence-corrected chi connectivity index (χ2v) is 11.6. The second-order valence-electron chi connectivity index (χ2n) is 11.6.